The predicted molar refractivity (Wildman–Crippen MR) is 50.9 cm³/mol. The van der Waals surface area contributed by atoms with Gasteiger partial charge >= 0.3 is 11.9 Å². The van der Waals surface area contributed by atoms with Gasteiger partial charge in [0, 0.05) is 6.92 Å². The third kappa shape index (κ3) is 4.86. The number of carbonyl (C=O) groups excluding carboxylic acids is 2. The van der Waals surface area contributed by atoms with Gasteiger partial charge in [-0.15, -0.1) is 0 Å². The van der Waals surface area contributed by atoms with E-state index in [1.165, 1.54) is 20.8 Å². The van der Waals surface area contributed by atoms with E-state index in [0.29, 0.717) is 0 Å². The van der Waals surface area contributed by atoms with E-state index in [0.717, 1.165) is 11.8 Å². The minimum absolute atomic E-state index is 0.471. The molecule has 0 amide bonds. The minimum atomic E-state index is -1.22. The molecular weight excluding hydrogens is 208 g/mol. The van der Waals surface area contributed by atoms with E-state index in [1.807, 2.05) is 0 Å². The molecule has 0 aliphatic carbocycles. The molecule has 0 aromatic heterocycles. The monoisotopic (exact) mass is 220 g/mol. The smallest absolute Gasteiger partial charge is 0.324 e. The number of carbonyl (C=O) groups is 3. The number of Topliss-reactive ketones (excluding diaryl/α,β-unsaturated/α-hetero) is 1. The standard InChI is InChI=1S/C8H12O5S/c1-4(9)7(8(11)12)14-6(3)13-5(2)10/h6-7H,1-3H3,(H,11,12). The van der Waals surface area contributed by atoms with E-state index < -0.39 is 28.4 Å². The summed E-state index contributed by atoms with van der Waals surface area (Å²) >= 11 is 0.797. The molecular formula is C8H12O5S. The first-order valence-corrected chi connectivity index (χ1v) is 4.84. The summed E-state index contributed by atoms with van der Waals surface area (Å²) in [4.78, 5) is 32.0. The van der Waals surface area contributed by atoms with Crippen LogP contribution in [0.3, 0.4) is 0 Å². The fourth-order valence-electron chi connectivity index (χ4n) is 0.781. The molecule has 2 atom stereocenters. The highest BCUT2D eigenvalue weighted by atomic mass is 32.2. The molecule has 0 saturated carbocycles. The zero-order valence-electron chi connectivity index (χ0n) is 8.14. The molecule has 0 aliphatic heterocycles. The van der Waals surface area contributed by atoms with Crippen molar-refractivity contribution in [3.8, 4) is 0 Å². The van der Waals surface area contributed by atoms with E-state index in [9.17, 15) is 14.4 Å². The molecule has 80 valence electrons. The fourth-order valence-corrected chi connectivity index (χ4v) is 1.66. The first kappa shape index (κ1) is 13.0. The van der Waals surface area contributed by atoms with Gasteiger partial charge in [-0.3, -0.25) is 14.4 Å². The Kier molecular flexibility index (Phi) is 5.22. The molecule has 0 rings (SSSR count). The van der Waals surface area contributed by atoms with Crippen LogP contribution in [-0.4, -0.2) is 33.5 Å². The van der Waals surface area contributed by atoms with Crippen molar-refractivity contribution >= 4 is 29.5 Å². The molecule has 0 bridgehead atoms. The lowest BCUT2D eigenvalue weighted by Gasteiger charge is -2.14. The van der Waals surface area contributed by atoms with Crippen molar-refractivity contribution in [1.82, 2.24) is 0 Å². The highest BCUT2D eigenvalue weighted by Gasteiger charge is 2.26. The molecule has 0 heterocycles. The number of ketones is 1. The number of carboxylic acid groups (broad SMARTS) is 1. The van der Waals surface area contributed by atoms with E-state index in [4.69, 9.17) is 5.11 Å². The Labute approximate surface area is 85.8 Å². The van der Waals surface area contributed by atoms with Crippen molar-refractivity contribution in [1.29, 1.82) is 0 Å². The molecule has 0 spiro atoms. The van der Waals surface area contributed by atoms with Crippen LogP contribution in [0.2, 0.25) is 0 Å². The van der Waals surface area contributed by atoms with Gasteiger partial charge in [0.15, 0.2) is 11.0 Å². The average Bonchev–Trinajstić information content (AvgIpc) is 1.97. The lowest BCUT2D eigenvalue weighted by atomic mass is 10.3. The van der Waals surface area contributed by atoms with Crippen LogP contribution in [0, 0.1) is 0 Å². The Hall–Kier alpha value is -1.04. The van der Waals surface area contributed by atoms with Crippen LogP contribution < -0.4 is 0 Å². The van der Waals surface area contributed by atoms with Gasteiger partial charge in [-0.2, -0.15) is 0 Å². The van der Waals surface area contributed by atoms with Crippen molar-refractivity contribution in [2.75, 3.05) is 0 Å². The number of rotatable bonds is 5. The van der Waals surface area contributed by atoms with Crippen LogP contribution in [-0.2, 0) is 19.1 Å². The number of hydrogen-bond acceptors (Lipinski definition) is 5. The van der Waals surface area contributed by atoms with Gasteiger partial charge in [0.05, 0.1) is 0 Å². The number of ether oxygens (including phenoxy) is 1. The number of carboxylic acids is 1. The van der Waals surface area contributed by atoms with E-state index in [2.05, 4.69) is 4.74 Å². The van der Waals surface area contributed by atoms with Crippen molar-refractivity contribution in [3.63, 3.8) is 0 Å². The fraction of sp³-hybridized carbons (Fsp3) is 0.625. The maximum Gasteiger partial charge on any atom is 0.324 e. The summed E-state index contributed by atoms with van der Waals surface area (Å²) in [6.07, 6.45) is 0. The molecule has 0 fully saturated rings. The Balaban J connectivity index is 4.23. The van der Waals surface area contributed by atoms with Crippen molar-refractivity contribution in [2.24, 2.45) is 0 Å². The average molecular weight is 220 g/mol. The first-order valence-electron chi connectivity index (χ1n) is 3.90. The highest BCUT2D eigenvalue weighted by molar-refractivity contribution is 8.01. The van der Waals surface area contributed by atoms with Crippen molar-refractivity contribution in [3.05, 3.63) is 0 Å². The lowest BCUT2D eigenvalue weighted by Crippen LogP contribution is -2.27. The van der Waals surface area contributed by atoms with Gasteiger partial charge in [-0.05, 0) is 13.8 Å². The van der Waals surface area contributed by atoms with Crippen LogP contribution in [0.5, 0.6) is 0 Å². The normalized spacial score (nSPS) is 14.2. The number of thioether (sulfide) groups is 1. The zero-order chi connectivity index (χ0) is 11.3. The molecule has 5 nitrogen and oxygen atoms in total. The quantitative estimate of drug-likeness (QED) is 0.416. The first-order chi connectivity index (χ1) is 6.34. The van der Waals surface area contributed by atoms with Gasteiger partial charge < -0.3 is 9.84 Å². The summed E-state index contributed by atoms with van der Waals surface area (Å²) < 4.78 is 4.69. The maximum absolute atomic E-state index is 10.9. The summed E-state index contributed by atoms with van der Waals surface area (Å²) in [5.74, 6) is -2.19. The van der Waals surface area contributed by atoms with Crippen LogP contribution in [0.15, 0.2) is 0 Å². The SMILES string of the molecule is CC(=O)OC(C)SC(C(C)=O)C(=O)O. The van der Waals surface area contributed by atoms with Gasteiger partial charge in [-0.25, -0.2) is 0 Å². The molecule has 0 saturated heterocycles. The summed E-state index contributed by atoms with van der Waals surface area (Å²) in [5, 5.41) is 7.47. The Morgan fingerprint density at radius 2 is 1.79 bits per heavy atom. The number of hydrogen-bond donors (Lipinski definition) is 1. The molecule has 2 unspecified atom stereocenters. The molecule has 0 aromatic carbocycles. The Morgan fingerprint density at radius 3 is 2.07 bits per heavy atom. The van der Waals surface area contributed by atoms with Gasteiger partial charge in [0.25, 0.3) is 0 Å². The molecule has 0 radical (unpaired) electrons. The second-order valence-electron chi connectivity index (χ2n) is 2.64. The summed E-state index contributed by atoms with van der Waals surface area (Å²) in [5.41, 5.74) is -0.641. The second kappa shape index (κ2) is 5.64. The van der Waals surface area contributed by atoms with Crippen LogP contribution in [0.25, 0.3) is 0 Å². The molecule has 0 aromatic rings. The van der Waals surface area contributed by atoms with Crippen LogP contribution >= 0.6 is 11.8 Å². The summed E-state index contributed by atoms with van der Waals surface area (Å²) in [6, 6.07) is 0. The second-order valence-corrected chi connectivity index (χ2v) is 4.05. The molecule has 0 aliphatic rings. The topological polar surface area (TPSA) is 80.7 Å². The molecule has 1 N–H and O–H groups in total. The largest absolute Gasteiger partial charge is 0.480 e. The van der Waals surface area contributed by atoms with Crippen LogP contribution in [0.1, 0.15) is 20.8 Å². The van der Waals surface area contributed by atoms with Crippen molar-refractivity contribution in [2.45, 2.75) is 31.5 Å². The predicted octanol–water partition coefficient (Wildman–Crippen LogP) is 0.671. The maximum atomic E-state index is 10.9. The number of esters is 1. The minimum Gasteiger partial charge on any atom is -0.480 e. The van der Waals surface area contributed by atoms with Gasteiger partial charge in [0.2, 0.25) is 0 Å². The Bertz CT molecular complexity index is 236. The molecule has 6 heteroatoms. The van der Waals surface area contributed by atoms with Gasteiger partial charge in [0.1, 0.15) is 5.44 Å². The van der Waals surface area contributed by atoms with Crippen molar-refractivity contribution < 1.29 is 24.2 Å². The van der Waals surface area contributed by atoms with E-state index in [1.54, 1.807) is 0 Å². The third-order valence-electron chi connectivity index (χ3n) is 1.25. The van der Waals surface area contributed by atoms with Crippen LogP contribution in [0.4, 0.5) is 0 Å². The third-order valence-corrected chi connectivity index (χ3v) is 2.54. The van der Waals surface area contributed by atoms with E-state index >= 15 is 0 Å². The highest BCUT2D eigenvalue weighted by Crippen LogP contribution is 2.19. The lowest BCUT2D eigenvalue weighted by molar-refractivity contribution is -0.143. The Morgan fingerprint density at radius 1 is 1.29 bits per heavy atom. The van der Waals surface area contributed by atoms with E-state index in [-0.39, 0.29) is 0 Å². The summed E-state index contributed by atoms with van der Waals surface area (Å²) in [7, 11) is 0. The zero-order valence-corrected chi connectivity index (χ0v) is 8.96. The van der Waals surface area contributed by atoms with Gasteiger partial charge in [-0.1, -0.05) is 11.8 Å². The summed E-state index contributed by atoms with van der Waals surface area (Å²) in [6.45, 7) is 3.93. The number of aliphatic carboxylic acids is 1. The molecule has 14 heavy (non-hydrogen) atoms.